The van der Waals surface area contributed by atoms with Crippen LogP contribution < -0.4 is 4.74 Å². The van der Waals surface area contributed by atoms with Crippen LogP contribution in [-0.4, -0.2) is 23.3 Å². The third-order valence-corrected chi connectivity index (χ3v) is 2.97. The molecule has 1 aromatic carbocycles. The molecule has 0 aliphatic rings. The predicted octanol–water partition coefficient (Wildman–Crippen LogP) is 2.59. The van der Waals surface area contributed by atoms with Crippen LogP contribution in [0.15, 0.2) is 22.7 Å². The number of rotatable bonds is 4. The highest BCUT2D eigenvalue weighted by atomic mass is 16.5. The summed E-state index contributed by atoms with van der Waals surface area (Å²) < 4.78 is 10.5. The third kappa shape index (κ3) is 2.59. The average Bonchev–Trinajstić information content (AvgIpc) is 2.70. The molecule has 0 fully saturated rings. The summed E-state index contributed by atoms with van der Waals surface area (Å²) >= 11 is 0. The van der Waals surface area contributed by atoms with Crippen molar-refractivity contribution in [3.8, 4) is 17.1 Å². The minimum atomic E-state index is -0.905. The second kappa shape index (κ2) is 5.14. The van der Waals surface area contributed by atoms with E-state index in [4.69, 9.17) is 14.4 Å². The maximum absolute atomic E-state index is 10.9. The molecule has 0 saturated carbocycles. The molecule has 0 aliphatic carbocycles. The fourth-order valence-corrected chi connectivity index (χ4v) is 1.99. The normalized spacial score (nSPS) is 10.5. The molecule has 0 amide bonds. The number of carbonyl (C=O) groups is 1. The Morgan fingerprint density at radius 1 is 1.42 bits per heavy atom. The summed E-state index contributed by atoms with van der Waals surface area (Å²) in [6, 6.07) is 5.55. The van der Waals surface area contributed by atoms with Crippen molar-refractivity contribution in [3.05, 3.63) is 35.0 Å². The number of aromatic nitrogens is 1. The van der Waals surface area contributed by atoms with E-state index < -0.39 is 5.97 Å². The smallest absolute Gasteiger partial charge is 0.308 e. The molecule has 5 heteroatoms. The van der Waals surface area contributed by atoms with E-state index in [2.05, 4.69) is 5.16 Å². The molecule has 0 spiro atoms. The number of carboxylic acids is 1. The van der Waals surface area contributed by atoms with Crippen LogP contribution >= 0.6 is 0 Å². The molecule has 0 aliphatic heterocycles. The first-order valence-corrected chi connectivity index (χ1v) is 5.85. The number of carboxylic acid groups (broad SMARTS) is 1. The number of benzene rings is 1. The molecule has 0 atom stereocenters. The van der Waals surface area contributed by atoms with Gasteiger partial charge in [0.1, 0.15) is 5.75 Å². The van der Waals surface area contributed by atoms with Gasteiger partial charge in [0.05, 0.1) is 19.2 Å². The van der Waals surface area contributed by atoms with Crippen LogP contribution in [0.4, 0.5) is 0 Å². The topological polar surface area (TPSA) is 72.6 Å². The molecule has 2 aromatic rings. The van der Waals surface area contributed by atoms with Gasteiger partial charge in [-0.05, 0) is 37.6 Å². The van der Waals surface area contributed by atoms with E-state index >= 15 is 0 Å². The Hall–Kier alpha value is -2.30. The van der Waals surface area contributed by atoms with Crippen LogP contribution in [0.5, 0.6) is 5.75 Å². The van der Waals surface area contributed by atoms with Crippen molar-refractivity contribution in [2.75, 3.05) is 7.11 Å². The molecule has 0 unspecified atom stereocenters. The summed E-state index contributed by atoms with van der Waals surface area (Å²) in [5.41, 5.74) is 2.97. The first kappa shape index (κ1) is 13.1. The van der Waals surface area contributed by atoms with Crippen molar-refractivity contribution in [3.63, 3.8) is 0 Å². The number of aliphatic carboxylic acids is 1. The Morgan fingerprint density at radius 2 is 2.16 bits per heavy atom. The predicted molar refractivity (Wildman–Crippen MR) is 69.3 cm³/mol. The lowest BCUT2D eigenvalue weighted by Crippen LogP contribution is -2.02. The summed E-state index contributed by atoms with van der Waals surface area (Å²) in [4.78, 5) is 10.9. The van der Waals surface area contributed by atoms with Gasteiger partial charge in [0.2, 0.25) is 0 Å². The van der Waals surface area contributed by atoms with E-state index in [1.807, 2.05) is 25.1 Å². The second-order valence-corrected chi connectivity index (χ2v) is 4.33. The van der Waals surface area contributed by atoms with Gasteiger partial charge < -0.3 is 14.4 Å². The lowest BCUT2D eigenvalue weighted by Gasteiger charge is -2.06. The molecular formula is C14H15NO4. The molecule has 5 nitrogen and oxygen atoms in total. The largest absolute Gasteiger partial charge is 0.496 e. The van der Waals surface area contributed by atoms with Crippen LogP contribution in [0, 0.1) is 13.8 Å². The van der Waals surface area contributed by atoms with E-state index in [1.54, 1.807) is 14.0 Å². The van der Waals surface area contributed by atoms with Crippen molar-refractivity contribution in [1.29, 1.82) is 0 Å². The van der Waals surface area contributed by atoms with E-state index in [1.165, 1.54) is 0 Å². The van der Waals surface area contributed by atoms with Crippen LogP contribution in [0.1, 0.15) is 16.8 Å². The van der Waals surface area contributed by atoms with Gasteiger partial charge in [-0.2, -0.15) is 0 Å². The molecule has 100 valence electrons. The van der Waals surface area contributed by atoms with Gasteiger partial charge in [0, 0.05) is 11.1 Å². The minimum Gasteiger partial charge on any atom is -0.496 e. The number of aryl methyl sites for hydroxylation is 2. The van der Waals surface area contributed by atoms with Crippen LogP contribution in [-0.2, 0) is 11.2 Å². The quantitative estimate of drug-likeness (QED) is 0.915. The number of hydrogen-bond donors (Lipinski definition) is 1. The zero-order chi connectivity index (χ0) is 14.0. The van der Waals surface area contributed by atoms with Gasteiger partial charge in [0.15, 0.2) is 5.76 Å². The minimum absolute atomic E-state index is 0.101. The summed E-state index contributed by atoms with van der Waals surface area (Å²) in [5.74, 6) is 0.378. The van der Waals surface area contributed by atoms with Crippen LogP contribution in [0.3, 0.4) is 0 Å². The summed E-state index contributed by atoms with van der Waals surface area (Å²) in [7, 11) is 1.61. The van der Waals surface area contributed by atoms with Gasteiger partial charge in [-0.25, -0.2) is 0 Å². The van der Waals surface area contributed by atoms with Gasteiger partial charge in [-0.15, -0.1) is 0 Å². The van der Waals surface area contributed by atoms with Crippen molar-refractivity contribution in [2.24, 2.45) is 0 Å². The Balaban J connectivity index is 2.47. The van der Waals surface area contributed by atoms with Crippen molar-refractivity contribution < 1.29 is 19.2 Å². The van der Waals surface area contributed by atoms with Gasteiger partial charge in [-0.3, -0.25) is 4.79 Å². The molecule has 0 saturated heterocycles. The molecule has 2 rings (SSSR count). The number of nitrogens with zero attached hydrogens (tertiary/aromatic N) is 1. The molecule has 1 N–H and O–H groups in total. The van der Waals surface area contributed by atoms with E-state index in [0.29, 0.717) is 17.0 Å². The molecule has 0 bridgehead atoms. The molecular weight excluding hydrogens is 246 g/mol. The molecule has 19 heavy (non-hydrogen) atoms. The molecule has 1 aromatic heterocycles. The highest BCUT2D eigenvalue weighted by molar-refractivity contribution is 5.75. The maximum Gasteiger partial charge on any atom is 0.308 e. The zero-order valence-corrected chi connectivity index (χ0v) is 11.1. The first-order valence-electron chi connectivity index (χ1n) is 5.85. The van der Waals surface area contributed by atoms with E-state index in [-0.39, 0.29) is 6.42 Å². The fraction of sp³-hybridized carbons (Fsp3) is 0.286. The van der Waals surface area contributed by atoms with Gasteiger partial charge in [-0.1, -0.05) is 5.16 Å². The second-order valence-electron chi connectivity index (χ2n) is 4.33. The number of hydrogen-bond acceptors (Lipinski definition) is 4. The highest BCUT2D eigenvalue weighted by Crippen LogP contribution is 2.30. The van der Waals surface area contributed by atoms with Gasteiger partial charge >= 0.3 is 5.97 Å². The van der Waals surface area contributed by atoms with Crippen LogP contribution in [0.2, 0.25) is 0 Å². The monoisotopic (exact) mass is 261 g/mol. The van der Waals surface area contributed by atoms with Gasteiger partial charge in [0.25, 0.3) is 0 Å². The average molecular weight is 261 g/mol. The maximum atomic E-state index is 10.9. The standard InChI is InChI=1S/C14H15NO4/c1-8-6-10(4-5-12(8)18-3)14-11(7-13(16)17)9(2)15-19-14/h4-6H,7H2,1-3H3,(H,16,17). The Labute approximate surface area is 110 Å². The van der Waals surface area contributed by atoms with Crippen molar-refractivity contribution in [1.82, 2.24) is 5.16 Å². The first-order chi connectivity index (χ1) is 9.02. The van der Waals surface area contributed by atoms with Crippen molar-refractivity contribution >= 4 is 5.97 Å². The van der Waals surface area contributed by atoms with Crippen LogP contribution in [0.25, 0.3) is 11.3 Å². The third-order valence-electron chi connectivity index (χ3n) is 2.97. The van der Waals surface area contributed by atoms with Crippen molar-refractivity contribution in [2.45, 2.75) is 20.3 Å². The highest BCUT2D eigenvalue weighted by Gasteiger charge is 2.18. The lowest BCUT2D eigenvalue weighted by molar-refractivity contribution is -0.136. The number of ether oxygens (including phenoxy) is 1. The van der Waals surface area contributed by atoms with E-state index in [9.17, 15) is 4.79 Å². The summed E-state index contributed by atoms with van der Waals surface area (Å²) in [6.07, 6.45) is -0.101. The number of methoxy groups -OCH3 is 1. The fourth-order valence-electron chi connectivity index (χ4n) is 1.99. The van der Waals surface area contributed by atoms with E-state index in [0.717, 1.165) is 16.9 Å². The Kier molecular flexibility index (Phi) is 3.55. The SMILES string of the molecule is COc1ccc(-c2onc(C)c2CC(=O)O)cc1C. The summed E-state index contributed by atoms with van der Waals surface area (Å²) in [5, 5.41) is 12.8. The summed E-state index contributed by atoms with van der Waals surface area (Å²) in [6.45, 7) is 3.66. The Morgan fingerprint density at radius 3 is 2.74 bits per heavy atom. The molecule has 1 heterocycles. The lowest BCUT2D eigenvalue weighted by atomic mass is 10.0. The zero-order valence-electron chi connectivity index (χ0n) is 11.1. The Bertz CT molecular complexity index is 616. The molecule has 0 radical (unpaired) electrons.